The van der Waals surface area contributed by atoms with E-state index in [4.69, 9.17) is 0 Å². The second kappa shape index (κ2) is 5.40. The number of hydrogen-bond donors (Lipinski definition) is 1. The molecule has 2 heterocycles. The Morgan fingerprint density at radius 1 is 1.56 bits per heavy atom. The summed E-state index contributed by atoms with van der Waals surface area (Å²) in [5, 5.41) is 3.04. The summed E-state index contributed by atoms with van der Waals surface area (Å²) in [5.74, 6) is 0.350. The molecular formula is C12H21N3O2S. The van der Waals surface area contributed by atoms with Gasteiger partial charge in [0.1, 0.15) is 0 Å². The molecular weight excluding hydrogens is 250 g/mol. The van der Waals surface area contributed by atoms with Crippen LogP contribution in [0.4, 0.5) is 0 Å². The van der Waals surface area contributed by atoms with Crippen LogP contribution in [0.25, 0.3) is 0 Å². The van der Waals surface area contributed by atoms with E-state index in [1.165, 1.54) is 0 Å². The lowest BCUT2D eigenvalue weighted by atomic mass is 10.2. The molecule has 1 aromatic heterocycles. The summed E-state index contributed by atoms with van der Waals surface area (Å²) in [6, 6.07) is 0.375. The molecule has 1 aliphatic rings. The fraction of sp³-hybridized carbons (Fsp3) is 0.750. The van der Waals surface area contributed by atoms with Crippen molar-refractivity contribution < 1.29 is 8.42 Å². The van der Waals surface area contributed by atoms with Gasteiger partial charge >= 0.3 is 0 Å². The minimum absolute atomic E-state index is 0.201. The molecule has 0 aromatic carbocycles. The lowest BCUT2D eigenvalue weighted by Gasteiger charge is -2.14. The van der Waals surface area contributed by atoms with Gasteiger partial charge in [-0.3, -0.25) is 0 Å². The summed E-state index contributed by atoms with van der Waals surface area (Å²) in [5.41, 5.74) is 1.10. The minimum Gasteiger partial charge on any atom is -0.331 e. The monoisotopic (exact) mass is 271 g/mol. The van der Waals surface area contributed by atoms with E-state index in [1.54, 1.807) is 0 Å². The molecule has 0 bridgehead atoms. The van der Waals surface area contributed by atoms with Crippen molar-refractivity contribution in [2.24, 2.45) is 0 Å². The van der Waals surface area contributed by atoms with Crippen molar-refractivity contribution >= 4 is 9.84 Å². The van der Waals surface area contributed by atoms with Gasteiger partial charge in [0, 0.05) is 25.3 Å². The van der Waals surface area contributed by atoms with Crippen LogP contribution >= 0.6 is 0 Å². The van der Waals surface area contributed by atoms with Crippen LogP contribution in [0.1, 0.15) is 38.4 Å². The molecule has 1 unspecified atom stereocenters. The third-order valence-corrected chi connectivity index (χ3v) is 5.72. The van der Waals surface area contributed by atoms with Gasteiger partial charge in [-0.1, -0.05) is 0 Å². The zero-order valence-electron chi connectivity index (χ0n) is 11.0. The van der Waals surface area contributed by atoms with Crippen LogP contribution in [0.5, 0.6) is 0 Å². The number of aromatic nitrogens is 2. The number of nitrogens with zero attached hydrogens (tertiary/aromatic N) is 2. The highest BCUT2D eigenvalue weighted by atomic mass is 32.2. The summed E-state index contributed by atoms with van der Waals surface area (Å²) < 4.78 is 25.4. The van der Waals surface area contributed by atoms with Crippen molar-refractivity contribution in [3.8, 4) is 0 Å². The zero-order valence-corrected chi connectivity index (χ0v) is 11.8. The van der Waals surface area contributed by atoms with E-state index in [0.717, 1.165) is 18.5 Å². The van der Waals surface area contributed by atoms with Crippen molar-refractivity contribution in [3.63, 3.8) is 0 Å². The number of nitrogens with one attached hydrogen (secondary N) is 1. The number of sulfone groups is 1. The molecule has 2 rings (SSSR count). The van der Waals surface area contributed by atoms with Crippen LogP contribution < -0.4 is 5.32 Å². The smallest absolute Gasteiger partial charge is 0.154 e. The van der Waals surface area contributed by atoms with Crippen LogP contribution in [-0.2, 0) is 16.4 Å². The molecule has 1 atom stereocenters. The van der Waals surface area contributed by atoms with Gasteiger partial charge in [0.15, 0.2) is 9.84 Å². The third kappa shape index (κ3) is 2.92. The second-order valence-electron chi connectivity index (χ2n) is 5.15. The summed E-state index contributed by atoms with van der Waals surface area (Å²) >= 11 is 0. The lowest BCUT2D eigenvalue weighted by Crippen LogP contribution is -2.30. The summed E-state index contributed by atoms with van der Waals surface area (Å²) in [4.78, 5) is 4.13. The molecule has 1 aliphatic heterocycles. The molecule has 1 aromatic rings. The molecule has 5 nitrogen and oxygen atoms in total. The van der Waals surface area contributed by atoms with Gasteiger partial charge in [-0.05, 0) is 26.7 Å². The van der Waals surface area contributed by atoms with Crippen molar-refractivity contribution in [3.05, 3.63) is 18.2 Å². The highest BCUT2D eigenvalue weighted by Crippen LogP contribution is 2.19. The van der Waals surface area contributed by atoms with Crippen molar-refractivity contribution in [2.75, 3.05) is 12.3 Å². The second-order valence-corrected chi connectivity index (χ2v) is 7.55. The van der Waals surface area contributed by atoms with Crippen LogP contribution in [0.3, 0.4) is 0 Å². The van der Waals surface area contributed by atoms with E-state index in [-0.39, 0.29) is 5.25 Å². The lowest BCUT2D eigenvalue weighted by molar-refractivity contribution is 0.539. The summed E-state index contributed by atoms with van der Waals surface area (Å²) in [6.07, 6.45) is 5.24. The quantitative estimate of drug-likeness (QED) is 0.872. The van der Waals surface area contributed by atoms with Gasteiger partial charge < -0.3 is 9.88 Å². The van der Waals surface area contributed by atoms with Gasteiger partial charge in [0.05, 0.1) is 23.0 Å². The minimum atomic E-state index is -2.84. The average molecular weight is 271 g/mol. The highest BCUT2D eigenvalue weighted by Gasteiger charge is 2.30. The Morgan fingerprint density at radius 2 is 2.33 bits per heavy atom. The molecule has 0 aliphatic carbocycles. The molecule has 0 amide bonds. The number of hydrogen-bond acceptors (Lipinski definition) is 4. The third-order valence-electron chi connectivity index (χ3n) is 3.44. The predicted molar refractivity (Wildman–Crippen MR) is 71.1 cm³/mol. The van der Waals surface area contributed by atoms with E-state index in [0.29, 0.717) is 24.9 Å². The van der Waals surface area contributed by atoms with Gasteiger partial charge in [-0.2, -0.15) is 0 Å². The predicted octanol–water partition coefficient (Wildman–Crippen LogP) is 1.13. The normalized spacial score (nSPS) is 22.7. The molecule has 1 fully saturated rings. The summed E-state index contributed by atoms with van der Waals surface area (Å²) in [7, 11) is -2.84. The van der Waals surface area contributed by atoms with Crippen LogP contribution in [-0.4, -0.2) is 35.5 Å². The van der Waals surface area contributed by atoms with E-state index >= 15 is 0 Å². The molecule has 0 saturated carbocycles. The van der Waals surface area contributed by atoms with Gasteiger partial charge in [0.2, 0.25) is 0 Å². The molecule has 1 saturated heterocycles. The van der Waals surface area contributed by atoms with Crippen molar-refractivity contribution in [1.29, 1.82) is 0 Å². The Balaban J connectivity index is 1.87. The molecule has 6 heteroatoms. The van der Waals surface area contributed by atoms with Crippen LogP contribution in [0, 0.1) is 0 Å². The maximum absolute atomic E-state index is 11.7. The molecule has 18 heavy (non-hydrogen) atoms. The summed E-state index contributed by atoms with van der Waals surface area (Å²) in [6.45, 7) is 5.43. The first kappa shape index (κ1) is 13.5. The van der Waals surface area contributed by atoms with Gasteiger partial charge in [-0.25, -0.2) is 13.4 Å². The number of imidazole rings is 1. The van der Waals surface area contributed by atoms with Gasteiger partial charge in [0.25, 0.3) is 0 Å². The Bertz CT molecular complexity index is 493. The fourth-order valence-corrected chi connectivity index (χ4v) is 4.18. The van der Waals surface area contributed by atoms with Crippen LogP contribution in [0.15, 0.2) is 12.5 Å². The average Bonchev–Trinajstić information content (AvgIpc) is 2.86. The van der Waals surface area contributed by atoms with E-state index in [9.17, 15) is 8.42 Å². The fourth-order valence-electron chi connectivity index (χ4n) is 2.38. The topological polar surface area (TPSA) is 64.0 Å². The zero-order chi connectivity index (χ0) is 13.2. The van der Waals surface area contributed by atoms with Crippen LogP contribution in [0.2, 0.25) is 0 Å². The number of rotatable bonds is 5. The Kier molecular flexibility index (Phi) is 4.07. The standard InChI is InChI=1S/C12H21N3O2S/c1-10(2)15-9-14-7-11(15)6-13-8-12-4-3-5-18(12,16)17/h7,9-10,12-13H,3-6,8H2,1-2H3. The Morgan fingerprint density at radius 3 is 2.94 bits per heavy atom. The maximum Gasteiger partial charge on any atom is 0.154 e. The molecule has 1 N–H and O–H groups in total. The van der Waals surface area contributed by atoms with Crippen molar-refractivity contribution in [2.45, 2.75) is 44.5 Å². The SMILES string of the molecule is CC(C)n1cncc1CNCC1CCCS1(=O)=O. The first-order valence-corrected chi connectivity index (χ1v) is 8.15. The molecule has 0 spiro atoms. The van der Waals surface area contributed by atoms with Crippen molar-refractivity contribution in [1.82, 2.24) is 14.9 Å². The van der Waals surface area contributed by atoms with Gasteiger partial charge in [-0.15, -0.1) is 0 Å². The highest BCUT2D eigenvalue weighted by molar-refractivity contribution is 7.92. The van der Waals surface area contributed by atoms with E-state index in [2.05, 4.69) is 28.7 Å². The Labute approximate surface area is 109 Å². The first-order valence-electron chi connectivity index (χ1n) is 6.43. The van der Waals surface area contributed by atoms with E-state index < -0.39 is 9.84 Å². The first-order chi connectivity index (χ1) is 8.50. The molecule has 102 valence electrons. The largest absolute Gasteiger partial charge is 0.331 e. The maximum atomic E-state index is 11.7. The molecule has 0 radical (unpaired) electrons. The van der Waals surface area contributed by atoms with E-state index in [1.807, 2.05) is 12.5 Å². The Hall–Kier alpha value is -0.880.